The van der Waals surface area contributed by atoms with Crippen molar-refractivity contribution in [1.82, 2.24) is 0 Å². The Morgan fingerprint density at radius 1 is 0.195 bits per heavy atom. The van der Waals surface area contributed by atoms with Gasteiger partial charge in [0.15, 0.2) is 0 Å². The van der Waals surface area contributed by atoms with Gasteiger partial charge in [-0.05, 0) is 230 Å². The minimum atomic E-state index is -0.303. The summed E-state index contributed by atoms with van der Waals surface area (Å²) in [6, 6.07) is 134. The number of rotatable bonds is 10. The lowest BCUT2D eigenvalue weighted by molar-refractivity contribution is 0.626. The first-order valence-corrected chi connectivity index (χ1v) is 43.2. The molecule has 0 bridgehead atoms. The molecule has 0 aliphatic heterocycles. The number of nitrogens with zero attached hydrogens (tertiary/aromatic N) is 3. The van der Waals surface area contributed by atoms with Gasteiger partial charge < -0.3 is 41.2 Å². The van der Waals surface area contributed by atoms with Crippen molar-refractivity contribution in [2.45, 2.75) is 13.3 Å². The van der Waals surface area contributed by atoms with Crippen molar-refractivity contribution in [3.05, 3.63) is 417 Å². The Balaban J connectivity index is 0.000000104. The molecule has 0 saturated carbocycles. The largest absolute Gasteiger partial charge is 0.456 e. The molecule has 0 unspecified atom stereocenters. The molecule has 0 N–H and O–H groups in total. The summed E-state index contributed by atoms with van der Waals surface area (Å²) < 4.78 is 66.1. The lowest BCUT2D eigenvalue weighted by atomic mass is 9.99. The molecule has 6 heterocycles. The molecule has 0 spiro atoms. The molecule has 0 aliphatic rings. The van der Waals surface area contributed by atoms with Gasteiger partial charge in [0.05, 0.1) is 17.1 Å². The zero-order chi connectivity index (χ0) is 84.9. The molecular formula is C116H70ClF2N3O6. The molecule has 6 aromatic heterocycles. The fourth-order valence-electron chi connectivity index (χ4n) is 19.5. The van der Waals surface area contributed by atoms with E-state index in [0.29, 0.717) is 27.4 Å². The SMILES string of the molecule is CCc1ccc2oc3cc(N(c4ccc5c(c4)oc4ccccc45)c4cc5ccccc5c5ccccc45)ccc3c2c1.Clc1ccc2oc3cc(N(c4ccc5c(c4)oc4ccccc45)c4cc5ccccc5c5ccccc45)ccc3c2c1.Fc1ccc2oc3cc(N(c4ccc5c(c4)oc4ccc(F)cc45)c4cc5ccccc5c5ccccc45)ccc3c2c1. The zero-order valence-corrected chi connectivity index (χ0v) is 69.4. The van der Waals surface area contributed by atoms with E-state index in [0.717, 1.165) is 188 Å². The van der Waals surface area contributed by atoms with Crippen molar-refractivity contribution in [2.75, 3.05) is 14.7 Å². The van der Waals surface area contributed by atoms with E-state index in [-0.39, 0.29) is 11.6 Å². The molecule has 0 radical (unpaired) electrons. The van der Waals surface area contributed by atoms with E-state index >= 15 is 0 Å². The van der Waals surface area contributed by atoms with Crippen molar-refractivity contribution in [1.29, 1.82) is 0 Å². The Bertz CT molecular complexity index is 9150. The molecule has 606 valence electrons. The predicted octanol–water partition coefficient (Wildman–Crippen LogP) is 35.3. The molecule has 128 heavy (non-hydrogen) atoms. The Morgan fingerprint density at radius 2 is 0.438 bits per heavy atom. The van der Waals surface area contributed by atoms with Crippen LogP contribution >= 0.6 is 11.6 Å². The van der Waals surface area contributed by atoms with E-state index in [9.17, 15) is 8.78 Å². The average molecular weight is 1680 g/mol. The third-order valence-electron chi connectivity index (χ3n) is 25.4. The number of halogens is 3. The van der Waals surface area contributed by atoms with Crippen LogP contribution in [0.5, 0.6) is 0 Å². The molecular weight excluding hydrogens is 1600 g/mol. The van der Waals surface area contributed by atoms with Gasteiger partial charge in [0, 0.05) is 156 Å². The standard InChI is InChI=1S/C40H27NO2.C38H22ClNO2.C38H21F2NO2/c1-2-25-15-20-38-35(21-25)34-19-17-28(24-40(34)43-38)41(27-16-18-33-32-13-7-8-14-37(32)42-39(33)23-27)36-22-26-9-3-4-10-29(26)30-11-5-6-12-31(30)36;39-24-13-18-36-33(20-24)32-17-15-26(22-38(32)42-36)40(25-14-16-31-30-11-5-6-12-35(30)41-37(31)21-25)34-19-23-7-1-2-8-27(23)28-9-3-4-10-29(28)34;39-23-9-15-35-32(18-23)30-13-11-25(20-37(30)42-35)41(26-12-14-31-33-19-24(40)10-16-36(33)43-38(31)21-26)34-17-22-5-1-2-6-27(22)28-7-3-4-8-29(28)34/h3-24H,2H2,1H3;1-22H;1-21H. The Kier molecular flexibility index (Phi) is 17.2. The number of hydrogen-bond donors (Lipinski definition) is 0. The summed E-state index contributed by atoms with van der Waals surface area (Å²) in [5.41, 5.74) is 19.8. The summed E-state index contributed by atoms with van der Waals surface area (Å²) in [6.07, 6.45) is 0.994. The van der Waals surface area contributed by atoms with Gasteiger partial charge in [0.2, 0.25) is 0 Å². The average Bonchev–Trinajstić information content (AvgIpc) is 1.04. The molecule has 0 amide bonds. The quantitative estimate of drug-likeness (QED) is 0.124. The fourth-order valence-corrected chi connectivity index (χ4v) is 19.6. The number of aryl methyl sites for hydroxylation is 1. The van der Waals surface area contributed by atoms with Crippen LogP contribution in [0.25, 0.3) is 196 Å². The van der Waals surface area contributed by atoms with E-state index in [2.05, 4.69) is 289 Å². The monoisotopic (exact) mass is 1670 g/mol. The van der Waals surface area contributed by atoms with Crippen molar-refractivity contribution in [3.63, 3.8) is 0 Å². The van der Waals surface area contributed by atoms with E-state index in [1.807, 2.05) is 91.0 Å². The van der Waals surface area contributed by atoms with Gasteiger partial charge in [-0.25, -0.2) is 8.78 Å². The van der Waals surface area contributed by atoms with Crippen LogP contribution in [0.15, 0.2) is 421 Å². The minimum Gasteiger partial charge on any atom is -0.456 e. The number of benzene rings is 21. The highest BCUT2D eigenvalue weighted by Crippen LogP contribution is 2.51. The van der Waals surface area contributed by atoms with Crippen LogP contribution in [-0.4, -0.2) is 0 Å². The highest BCUT2D eigenvalue weighted by Gasteiger charge is 2.27. The second kappa shape index (κ2) is 29.6. The fraction of sp³-hybridized carbons (Fsp3) is 0.0172. The summed E-state index contributed by atoms with van der Waals surface area (Å²) in [5, 5.41) is 26.8. The molecule has 0 saturated heterocycles. The normalized spacial score (nSPS) is 11.9. The van der Waals surface area contributed by atoms with Gasteiger partial charge in [0.1, 0.15) is 78.6 Å². The lowest BCUT2D eigenvalue weighted by Gasteiger charge is -2.27. The van der Waals surface area contributed by atoms with Gasteiger partial charge >= 0.3 is 0 Å². The number of hydrogen-bond acceptors (Lipinski definition) is 9. The second-order valence-corrected chi connectivity index (χ2v) is 33.2. The smallest absolute Gasteiger partial charge is 0.137 e. The topological polar surface area (TPSA) is 88.6 Å². The Labute approximate surface area is 734 Å². The number of para-hydroxylation sites is 2. The third-order valence-corrected chi connectivity index (χ3v) is 25.6. The molecule has 12 heteroatoms. The van der Waals surface area contributed by atoms with Crippen molar-refractivity contribution in [3.8, 4) is 0 Å². The zero-order valence-electron chi connectivity index (χ0n) is 68.7. The van der Waals surface area contributed by atoms with Crippen LogP contribution in [0.4, 0.5) is 60.0 Å². The molecule has 0 fully saturated rings. The first-order chi connectivity index (χ1) is 63.1. The maximum absolute atomic E-state index is 14.1. The number of furan rings is 6. The predicted molar refractivity (Wildman–Crippen MR) is 526 cm³/mol. The van der Waals surface area contributed by atoms with Gasteiger partial charge in [-0.2, -0.15) is 0 Å². The Hall–Kier alpha value is -16.5. The van der Waals surface area contributed by atoms with Crippen LogP contribution < -0.4 is 14.7 Å². The number of anilines is 9. The van der Waals surface area contributed by atoms with Gasteiger partial charge in [0.25, 0.3) is 0 Å². The summed E-state index contributed by atoms with van der Waals surface area (Å²) in [4.78, 5) is 6.84. The maximum atomic E-state index is 14.1. The van der Waals surface area contributed by atoms with E-state index in [4.69, 9.17) is 38.1 Å². The summed E-state index contributed by atoms with van der Waals surface area (Å²) >= 11 is 6.34. The van der Waals surface area contributed by atoms with E-state index in [1.165, 1.54) is 72.9 Å². The van der Waals surface area contributed by atoms with Crippen LogP contribution in [0.3, 0.4) is 0 Å². The minimum absolute atomic E-state index is 0.303. The first kappa shape index (κ1) is 74.2. The lowest BCUT2D eigenvalue weighted by Crippen LogP contribution is -2.10. The maximum Gasteiger partial charge on any atom is 0.137 e. The molecule has 21 aromatic carbocycles. The molecule has 27 aromatic rings. The van der Waals surface area contributed by atoms with Crippen molar-refractivity contribution < 1.29 is 35.3 Å². The van der Waals surface area contributed by atoms with Crippen LogP contribution in [0, 0.1) is 11.6 Å². The van der Waals surface area contributed by atoms with Crippen LogP contribution in [0.2, 0.25) is 5.02 Å². The van der Waals surface area contributed by atoms with Crippen LogP contribution in [0.1, 0.15) is 12.5 Å². The van der Waals surface area contributed by atoms with E-state index < -0.39 is 0 Å². The summed E-state index contributed by atoms with van der Waals surface area (Å²) in [5.74, 6) is -0.606. The third kappa shape index (κ3) is 12.3. The summed E-state index contributed by atoms with van der Waals surface area (Å²) in [6.45, 7) is 2.19. The Morgan fingerprint density at radius 3 is 0.766 bits per heavy atom. The van der Waals surface area contributed by atoms with Crippen LogP contribution in [-0.2, 0) is 6.42 Å². The molecule has 0 aliphatic carbocycles. The van der Waals surface area contributed by atoms with Gasteiger partial charge in [-0.3, -0.25) is 0 Å². The van der Waals surface area contributed by atoms with E-state index in [1.54, 1.807) is 12.1 Å². The number of fused-ring (bicyclic) bond motifs is 27. The van der Waals surface area contributed by atoms with Gasteiger partial charge in [-0.15, -0.1) is 0 Å². The van der Waals surface area contributed by atoms with Crippen molar-refractivity contribution >= 4 is 259 Å². The highest BCUT2D eigenvalue weighted by atomic mass is 35.5. The first-order valence-electron chi connectivity index (χ1n) is 42.8. The molecule has 0 atom stereocenters. The second-order valence-electron chi connectivity index (χ2n) is 32.8. The molecule has 9 nitrogen and oxygen atoms in total. The van der Waals surface area contributed by atoms with Crippen molar-refractivity contribution in [2.24, 2.45) is 0 Å². The molecule has 27 rings (SSSR count). The summed E-state index contributed by atoms with van der Waals surface area (Å²) in [7, 11) is 0. The van der Waals surface area contributed by atoms with Gasteiger partial charge in [-0.1, -0.05) is 207 Å². The highest BCUT2D eigenvalue weighted by molar-refractivity contribution is 6.32.